The number of nitrogens with zero attached hydrogens (tertiary/aromatic N) is 2. The topological polar surface area (TPSA) is 97.3 Å². The number of hydrogen-bond acceptors (Lipinski definition) is 6. The number of hydrogen-bond donors (Lipinski definition) is 3. The molecule has 2 heterocycles. The number of nitrogen functional groups attached to an aromatic ring is 1. The highest BCUT2D eigenvalue weighted by atomic mass is 32.1. The molecule has 6 nitrogen and oxygen atoms in total. The first-order chi connectivity index (χ1) is 9.01. The van der Waals surface area contributed by atoms with Gasteiger partial charge >= 0.3 is 0 Å². The lowest BCUT2D eigenvalue weighted by molar-refractivity contribution is 0.0793. The summed E-state index contributed by atoms with van der Waals surface area (Å²) in [6, 6.07) is 0.266. The Morgan fingerprint density at radius 2 is 2.37 bits per heavy atom. The van der Waals surface area contributed by atoms with E-state index in [9.17, 15) is 4.79 Å². The number of likely N-dealkylation sites (tertiary alicyclic amines) is 1. The summed E-state index contributed by atoms with van der Waals surface area (Å²) < 4.78 is 0. The molecule has 0 saturated carbocycles. The van der Waals surface area contributed by atoms with Crippen LogP contribution in [0, 0.1) is 5.92 Å². The number of carbonyl (C=O) groups excluding carboxylic acids is 1. The lowest BCUT2D eigenvalue weighted by atomic mass is 10.1. The minimum absolute atomic E-state index is 0.0252. The monoisotopic (exact) mass is 283 g/mol. The van der Waals surface area contributed by atoms with E-state index in [1.165, 1.54) is 11.3 Å². The van der Waals surface area contributed by atoms with E-state index >= 15 is 0 Å². The summed E-state index contributed by atoms with van der Waals surface area (Å²) in [4.78, 5) is 18.9. The van der Waals surface area contributed by atoms with Crippen LogP contribution in [-0.2, 0) is 0 Å². The van der Waals surface area contributed by atoms with Crippen molar-refractivity contribution in [2.45, 2.75) is 26.3 Å². The SMILES string of the molecule is CC(C)Nc1nc(N)c(C(=O)N2CCC(CN)C2)s1. The molecule has 0 aromatic carbocycles. The van der Waals surface area contributed by atoms with E-state index < -0.39 is 0 Å². The largest absolute Gasteiger partial charge is 0.382 e. The molecule has 1 aromatic heterocycles. The van der Waals surface area contributed by atoms with Gasteiger partial charge in [0.25, 0.3) is 5.91 Å². The average molecular weight is 283 g/mol. The Labute approximate surface area is 117 Å². The summed E-state index contributed by atoms with van der Waals surface area (Å²) in [5.41, 5.74) is 11.5. The maximum Gasteiger partial charge on any atom is 0.267 e. The van der Waals surface area contributed by atoms with Crippen LogP contribution in [0.2, 0.25) is 0 Å². The summed E-state index contributed by atoms with van der Waals surface area (Å²) in [5, 5.41) is 3.87. The van der Waals surface area contributed by atoms with Gasteiger partial charge in [0, 0.05) is 19.1 Å². The van der Waals surface area contributed by atoms with Gasteiger partial charge in [0.05, 0.1) is 0 Å². The number of nitrogens with two attached hydrogens (primary N) is 2. The quantitative estimate of drug-likeness (QED) is 0.765. The molecule has 1 fully saturated rings. The lowest BCUT2D eigenvalue weighted by Gasteiger charge is -2.15. The molecule has 1 aliphatic rings. The Bertz CT molecular complexity index is 459. The highest BCUT2D eigenvalue weighted by Gasteiger charge is 2.28. The summed E-state index contributed by atoms with van der Waals surface area (Å²) in [6.07, 6.45) is 0.970. The molecule has 1 unspecified atom stereocenters. The van der Waals surface area contributed by atoms with Gasteiger partial charge in [-0.2, -0.15) is 0 Å². The van der Waals surface area contributed by atoms with Gasteiger partial charge in [0.15, 0.2) is 5.13 Å². The highest BCUT2D eigenvalue weighted by molar-refractivity contribution is 7.18. The van der Waals surface area contributed by atoms with Crippen LogP contribution in [0.25, 0.3) is 0 Å². The standard InChI is InChI=1S/C12H21N5OS/c1-7(2)15-12-16-10(14)9(19-12)11(18)17-4-3-8(5-13)6-17/h7-8H,3-6,13-14H2,1-2H3,(H,15,16). The van der Waals surface area contributed by atoms with Gasteiger partial charge in [0.2, 0.25) is 0 Å². The van der Waals surface area contributed by atoms with E-state index in [4.69, 9.17) is 11.5 Å². The van der Waals surface area contributed by atoms with Crippen molar-refractivity contribution in [1.82, 2.24) is 9.88 Å². The fourth-order valence-corrected chi connectivity index (χ4v) is 3.15. The van der Waals surface area contributed by atoms with Gasteiger partial charge in [-0.1, -0.05) is 11.3 Å². The van der Waals surface area contributed by atoms with E-state index in [0.717, 1.165) is 19.5 Å². The van der Waals surface area contributed by atoms with E-state index in [1.54, 1.807) is 0 Å². The van der Waals surface area contributed by atoms with Gasteiger partial charge in [-0.3, -0.25) is 4.79 Å². The number of anilines is 2. The fraction of sp³-hybridized carbons (Fsp3) is 0.667. The van der Waals surface area contributed by atoms with E-state index in [1.807, 2.05) is 18.7 Å². The maximum atomic E-state index is 12.4. The zero-order chi connectivity index (χ0) is 14.0. The van der Waals surface area contributed by atoms with E-state index in [-0.39, 0.29) is 11.9 Å². The number of nitrogens with one attached hydrogen (secondary N) is 1. The third-order valence-electron chi connectivity index (χ3n) is 3.17. The molecule has 0 spiro atoms. The van der Waals surface area contributed by atoms with Crippen LogP contribution >= 0.6 is 11.3 Å². The number of thiazole rings is 1. The number of rotatable bonds is 4. The van der Waals surface area contributed by atoms with E-state index in [2.05, 4.69) is 10.3 Å². The number of aromatic nitrogens is 1. The van der Waals surface area contributed by atoms with Crippen LogP contribution in [0.4, 0.5) is 10.9 Å². The third-order valence-corrected chi connectivity index (χ3v) is 4.16. The second kappa shape index (κ2) is 5.75. The molecule has 1 atom stereocenters. The van der Waals surface area contributed by atoms with Crippen molar-refractivity contribution in [2.24, 2.45) is 11.7 Å². The van der Waals surface area contributed by atoms with Gasteiger partial charge in [-0.05, 0) is 32.7 Å². The molecular weight excluding hydrogens is 262 g/mol. The Hall–Kier alpha value is -1.34. The first kappa shape index (κ1) is 14.1. The van der Waals surface area contributed by atoms with Gasteiger partial charge in [-0.15, -0.1) is 0 Å². The smallest absolute Gasteiger partial charge is 0.267 e. The average Bonchev–Trinajstić information content (AvgIpc) is 2.94. The lowest BCUT2D eigenvalue weighted by Crippen LogP contribution is -2.29. The number of carbonyl (C=O) groups is 1. The van der Waals surface area contributed by atoms with Crippen LogP contribution < -0.4 is 16.8 Å². The second-order valence-corrected chi connectivity index (χ2v) is 6.17. The van der Waals surface area contributed by atoms with Crippen molar-refractivity contribution >= 4 is 28.2 Å². The van der Waals surface area contributed by atoms with Crippen LogP contribution in [0.1, 0.15) is 29.9 Å². The predicted octanol–water partition coefficient (Wildman–Crippen LogP) is 0.966. The summed E-state index contributed by atoms with van der Waals surface area (Å²) >= 11 is 1.32. The Morgan fingerprint density at radius 3 is 2.95 bits per heavy atom. The predicted molar refractivity (Wildman–Crippen MR) is 78.4 cm³/mol. The highest BCUT2D eigenvalue weighted by Crippen LogP contribution is 2.28. The summed E-state index contributed by atoms with van der Waals surface area (Å²) in [5.74, 6) is 0.698. The molecule has 1 amide bonds. The molecule has 0 bridgehead atoms. The molecule has 106 valence electrons. The molecular formula is C12H21N5OS. The van der Waals surface area contributed by atoms with Crippen LogP contribution in [0.15, 0.2) is 0 Å². The summed E-state index contributed by atoms with van der Waals surface area (Å²) in [7, 11) is 0. The second-order valence-electron chi connectivity index (χ2n) is 5.17. The van der Waals surface area contributed by atoms with Crippen LogP contribution in [0.5, 0.6) is 0 Å². The molecule has 7 heteroatoms. The Balaban J connectivity index is 2.09. The van der Waals surface area contributed by atoms with Gasteiger partial charge < -0.3 is 21.7 Å². The zero-order valence-electron chi connectivity index (χ0n) is 11.3. The van der Waals surface area contributed by atoms with Crippen molar-refractivity contribution in [3.8, 4) is 0 Å². The Kier molecular flexibility index (Phi) is 4.26. The summed E-state index contributed by atoms with van der Waals surface area (Å²) in [6.45, 7) is 6.14. The van der Waals surface area contributed by atoms with Crippen molar-refractivity contribution in [2.75, 3.05) is 30.7 Å². The number of amides is 1. The first-order valence-electron chi connectivity index (χ1n) is 6.53. The minimum atomic E-state index is -0.0252. The van der Waals surface area contributed by atoms with Crippen molar-refractivity contribution in [3.63, 3.8) is 0 Å². The fourth-order valence-electron chi connectivity index (χ4n) is 2.15. The molecule has 1 aromatic rings. The molecule has 5 N–H and O–H groups in total. The van der Waals surface area contributed by atoms with Crippen LogP contribution in [-0.4, -0.2) is 41.5 Å². The molecule has 19 heavy (non-hydrogen) atoms. The molecule has 1 aliphatic heterocycles. The van der Waals surface area contributed by atoms with Gasteiger partial charge in [0.1, 0.15) is 10.7 Å². The van der Waals surface area contributed by atoms with Gasteiger partial charge in [-0.25, -0.2) is 4.98 Å². The maximum absolute atomic E-state index is 12.4. The molecule has 2 rings (SSSR count). The Morgan fingerprint density at radius 1 is 1.63 bits per heavy atom. The third kappa shape index (κ3) is 3.16. The normalized spacial score (nSPS) is 19.2. The minimum Gasteiger partial charge on any atom is -0.382 e. The molecule has 1 saturated heterocycles. The first-order valence-corrected chi connectivity index (χ1v) is 7.35. The van der Waals surface area contributed by atoms with E-state index in [0.29, 0.717) is 28.3 Å². The van der Waals surface area contributed by atoms with Crippen molar-refractivity contribution in [3.05, 3.63) is 4.88 Å². The van der Waals surface area contributed by atoms with Crippen molar-refractivity contribution < 1.29 is 4.79 Å². The molecule has 0 aliphatic carbocycles. The van der Waals surface area contributed by atoms with Crippen molar-refractivity contribution in [1.29, 1.82) is 0 Å². The zero-order valence-corrected chi connectivity index (χ0v) is 12.2. The van der Waals surface area contributed by atoms with Crippen LogP contribution in [0.3, 0.4) is 0 Å². The molecule has 0 radical (unpaired) electrons.